The van der Waals surface area contributed by atoms with E-state index in [0.29, 0.717) is 17.0 Å². The maximum Gasteiger partial charge on any atom is 0.316 e. The number of nitrogens with zero attached hydrogens (tertiary/aromatic N) is 3. The third-order valence-electron chi connectivity index (χ3n) is 2.76. The van der Waals surface area contributed by atoms with Crippen molar-refractivity contribution in [1.29, 1.82) is 0 Å². The van der Waals surface area contributed by atoms with Crippen LogP contribution in [-0.2, 0) is 9.53 Å². The number of hydrogen-bond acceptors (Lipinski definition) is 7. The summed E-state index contributed by atoms with van der Waals surface area (Å²) in [7, 11) is 0. The lowest BCUT2D eigenvalue weighted by atomic mass is 10.3. The van der Waals surface area contributed by atoms with Crippen molar-refractivity contribution in [2.45, 2.75) is 17.3 Å². The molecule has 5 nitrogen and oxygen atoms in total. The predicted octanol–water partition coefficient (Wildman–Crippen LogP) is 2.93. The van der Waals surface area contributed by atoms with Gasteiger partial charge in [0.15, 0.2) is 5.16 Å². The first-order valence-corrected chi connectivity index (χ1v) is 9.02. The molecular formula is C15H17N3O2S2. The van der Waals surface area contributed by atoms with E-state index >= 15 is 0 Å². The summed E-state index contributed by atoms with van der Waals surface area (Å²) in [6.07, 6.45) is 5.37. The van der Waals surface area contributed by atoms with Crippen molar-refractivity contribution in [3.05, 3.63) is 36.7 Å². The Morgan fingerprint density at radius 2 is 2.09 bits per heavy atom. The smallest absolute Gasteiger partial charge is 0.316 e. The van der Waals surface area contributed by atoms with Gasteiger partial charge in [0.1, 0.15) is 6.61 Å². The summed E-state index contributed by atoms with van der Waals surface area (Å²) in [5, 5.41) is 0.843. The molecule has 0 saturated carbocycles. The van der Waals surface area contributed by atoms with Crippen LogP contribution >= 0.6 is 23.5 Å². The van der Waals surface area contributed by atoms with E-state index in [0.717, 1.165) is 11.4 Å². The van der Waals surface area contributed by atoms with Gasteiger partial charge in [-0.25, -0.2) is 9.97 Å². The highest BCUT2D eigenvalue weighted by molar-refractivity contribution is 7.99. The van der Waals surface area contributed by atoms with Crippen LogP contribution in [0.1, 0.15) is 6.92 Å². The van der Waals surface area contributed by atoms with Crippen LogP contribution in [0.2, 0.25) is 0 Å². The summed E-state index contributed by atoms with van der Waals surface area (Å²) in [5.74, 6) is -0.0509. The second-order valence-corrected chi connectivity index (χ2v) is 6.68. The van der Waals surface area contributed by atoms with Gasteiger partial charge in [-0.05, 0) is 24.5 Å². The first kappa shape index (κ1) is 16.8. The number of pyridine rings is 1. The zero-order chi connectivity index (χ0) is 15.8. The topological polar surface area (TPSA) is 65.0 Å². The van der Waals surface area contributed by atoms with E-state index in [9.17, 15) is 4.79 Å². The monoisotopic (exact) mass is 335 g/mol. The van der Waals surface area contributed by atoms with E-state index in [1.807, 2.05) is 31.4 Å². The lowest BCUT2D eigenvalue weighted by molar-refractivity contribution is -0.140. The largest absolute Gasteiger partial charge is 0.464 e. The van der Waals surface area contributed by atoms with Crippen LogP contribution in [0.25, 0.3) is 11.4 Å². The number of esters is 1. The van der Waals surface area contributed by atoms with E-state index in [2.05, 4.69) is 15.0 Å². The molecule has 0 aliphatic heterocycles. The highest BCUT2D eigenvalue weighted by atomic mass is 32.2. The standard InChI is InChI=1S/C15H17N3O2S2/c1-11(21-2)9-20-14(19)10-22-15-17-8-6-13(18-15)12-5-3-4-7-16-12/h3-8,11H,9-10H2,1-2H3. The van der Waals surface area contributed by atoms with E-state index in [-0.39, 0.29) is 11.7 Å². The summed E-state index contributed by atoms with van der Waals surface area (Å²) in [6, 6.07) is 7.44. The van der Waals surface area contributed by atoms with Gasteiger partial charge in [-0.1, -0.05) is 24.8 Å². The fourth-order valence-corrected chi connectivity index (χ4v) is 2.34. The van der Waals surface area contributed by atoms with E-state index < -0.39 is 0 Å². The summed E-state index contributed by atoms with van der Waals surface area (Å²) in [6.45, 7) is 2.44. The molecule has 0 spiro atoms. The molecule has 22 heavy (non-hydrogen) atoms. The lowest BCUT2D eigenvalue weighted by Gasteiger charge is -2.08. The minimum Gasteiger partial charge on any atom is -0.464 e. The van der Waals surface area contributed by atoms with Crippen LogP contribution in [0.15, 0.2) is 41.8 Å². The Kier molecular flexibility index (Phi) is 6.67. The zero-order valence-electron chi connectivity index (χ0n) is 12.4. The molecule has 0 aliphatic rings. The zero-order valence-corrected chi connectivity index (χ0v) is 14.1. The van der Waals surface area contributed by atoms with Crippen LogP contribution in [-0.4, -0.2) is 44.8 Å². The molecule has 1 atom stereocenters. The first-order chi connectivity index (χ1) is 10.7. The first-order valence-electron chi connectivity index (χ1n) is 6.74. The molecule has 116 valence electrons. The van der Waals surface area contributed by atoms with Crippen LogP contribution in [0.3, 0.4) is 0 Å². The molecule has 0 radical (unpaired) electrons. The highest BCUT2D eigenvalue weighted by Crippen LogP contribution is 2.18. The van der Waals surface area contributed by atoms with Gasteiger partial charge in [-0.3, -0.25) is 9.78 Å². The van der Waals surface area contributed by atoms with Gasteiger partial charge in [0.05, 0.1) is 17.1 Å². The van der Waals surface area contributed by atoms with Crippen molar-refractivity contribution >= 4 is 29.5 Å². The van der Waals surface area contributed by atoms with Crippen molar-refractivity contribution in [2.75, 3.05) is 18.6 Å². The highest BCUT2D eigenvalue weighted by Gasteiger charge is 2.09. The van der Waals surface area contributed by atoms with Crippen molar-refractivity contribution in [2.24, 2.45) is 0 Å². The molecule has 0 aromatic carbocycles. The van der Waals surface area contributed by atoms with Crippen molar-refractivity contribution in [3.63, 3.8) is 0 Å². The number of thioether (sulfide) groups is 2. The van der Waals surface area contributed by atoms with E-state index in [1.165, 1.54) is 11.8 Å². The van der Waals surface area contributed by atoms with Crippen molar-refractivity contribution in [1.82, 2.24) is 15.0 Å². The minimum atomic E-state index is -0.252. The molecule has 0 saturated heterocycles. The van der Waals surface area contributed by atoms with Crippen LogP contribution in [0.5, 0.6) is 0 Å². The summed E-state index contributed by atoms with van der Waals surface area (Å²) in [5.41, 5.74) is 1.52. The number of hydrogen-bond donors (Lipinski definition) is 0. The molecule has 2 aromatic rings. The molecular weight excluding hydrogens is 318 g/mol. The number of carbonyl (C=O) groups excluding carboxylic acids is 1. The Morgan fingerprint density at radius 3 is 2.82 bits per heavy atom. The number of aromatic nitrogens is 3. The Labute approximate surface area is 138 Å². The number of ether oxygens (including phenoxy) is 1. The molecule has 0 bridgehead atoms. The van der Waals surface area contributed by atoms with Gasteiger partial charge in [-0.15, -0.1) is 0 Å². The summed E-state index contributed by atoms with van der Waals surface area (Å²) < 4.78 is 5.18. The van der Waals surface area contributed by atoms with Crippen molar-refractivity contribution in [3.8, 4) is 11.4 Å². The molecule has 1 unspecified atom stereocenters. The molecule has 2 heterocycles. The van der Waals surface area contributed by atoms with Gasteiger partial charge >= 0.3 is 5.97 Å². The number of carbonyl (C=O) groups is 1. The molecule has 2 rings (SSSR count). The number of rotatable bonds is 7. The fourth-order valence-electron chi connectivity index (χ4n) is 1.51. The average molecular weight is 335 g/mol. The Morgan fingerprint density at radius 1 is 1.23 bits per heavy atom. The summed E-state index contributed by atoms with van der Waals surface area (Å²) in [4.78, 5) is 24.5. The Hall–Kier alpha value is -1.60. The van der Waals surface area contributed by atoms with Crippen molar-refractivity contribution < 1.29 is 9.53 Å². The maximum absolute atomic E-state index is 11.7. The van der Waals surface area contributed by atoms with Gasteiger partial charge in [0.25, 0.3) is 0 Å². The fraction of sp³-hybridized carbons (Fsp3) is 0.333. The van der Waals surface area contributed by atoms with Gasteiger partial charge in [-0.2, -0.15) is 11.8 Å². The quantitative estimate of drug-likeness (QED) is 0.438. The van der Waals surface area contributed by atoms with E-state index in [1.54, 1.807) is 30.2 Å². The van der Waals surface area contributed by atoms with Crippen LogP contribution in [0.4, 0.5) is 0 Å². The third-order valence-corrected chi connectivity index (χ3v) is 4.54. The molecule has 0 N–H and O–H groups in total. The average Bonchev–Trinajstić information content (AvgIpc) is 2.58. The molecule has 0 amide bonds. The Balaban J connectivity index is 1.90. The molecule has 0 fully saturated rings. The third kappa shape index (κ3) is 5.31. The van der Waals surface area contributed by atoms with E-state index in [4.69, 9.17) is 4.74 Å². The second-order valence-electron chi connectivity index (χ2n) is 4.46. The normalized spacial score (nSPS) is 11.9. The Bertz CT molecular complexity index is 611. The lowest BCUT2D eigenvalue weighted by Crippen LogP contribution is -2.14. The van der Waals surface area contributed by atoms with Gasteiger partial charge in [0.2, 0.25) is 0 Å². The minimum absolute atomic E-state index is 0.201. The predicted molar refractivity (Wildman–Crippen MR) is 89.9 cm³/mol. The van der Waals surface area contributed by atoms with Gasteiger partial charge < -0.3 is 4.74 Å². The van der Waals surface area contributed by atoms with Crippen LogP contribution < -0.4 is 0 Å². The van der Waals surface area contributed by atoms with Crippen LogP contribution in [0, 0.1) is 0 Å². The molecule has 0 aliphatic carbocycles. The van der Waals surface area contributed by atoms with Gasteiger partial charge in [0, 0.05) is 17.6 Å². The summed E-state index contributed by atoms with van der Waals surface area (Å²) >= 11 is 2.93. The SMILES string of the molecule is CSC(C)COC(=O)CSc1nccc(-c2ccccn2)n1. The molecule has 7 heteroatoms. The molecule has 2 aromatic heterocycles. The second kappa shape index (κ2) is 8.75. The maximum atomic E-state index is 11.7.